The zero-order valence-corrected chi connectivity index (χ0v) is 11.2. The van der Waals surface area contributed by atoms with Crippen LogP contribution in [-0.4, -0.2) is 25.7 Å². The highest BCUT2D eigenvalue weighted by atomic mass is 32.1. The fraction of sp³-hybridized carbons (Fsp3) is 0.167. The van der Waals surface area contributed by atoms with E-state index in [1.807, 2.05) is 31.2 Å². The van der Waals surface area contributed by atoms with Crippen LogP contribution in [0.5, 0.6) is 0 Å². The Labute approximate surface area is 113 Å². The topological polar surface area (TPSA) is 72.2 Å². The van der Waals surface area contributed by atoms with Crippen molar-refractivity contribution >= 4 is 27.3 Å². The molecule has 0 aliphatic carbocycles. The van der Waals surface area contributed by atoms with Crippen LogP contribution in [-0.2, 0) is 4.79 Å². The Bertz CT molecular complexity index is 760. The minimum Gasteiger partial charge on any atom is -0.301 e. The summed E-state index contributed by atoms with van der Waals surface area (Å²) in [5.74, 6) is 0.531. The summed E-state index contributed by atoms with van der Waals surface area (Å²) in [6.45, 7) is 3.46. The summed E-state index contributed by atoms with van der Waals surface area (Å²) >= 11 is 1.29. The van der Waals surface area contributed by atoms with Crippen LogP contribution in [0, 0.1) is 6.92 Å². The van der Waals surface area contributed by atoms with E-state index in [0.29, 0.717) is 15.9 Å². The third kappa shape index (κ3) is 2.08. The molecule has 2 heterocycles. The molecule has 0 atom stereocenters. The van der Waals surface area contributed by atoms with Crippen molar-refractivity contribution in [2.75, 3.05) is 5.32 Å². The molecule has 7 heteroatoms. The number of benzene rings is 1. The summed E-state index contributed by atoms with van der Waals surface area (Å²) in [4.78, 5) is 11.7. The number of nitrogens with one attached hydrogen (secondary N) is 1. The van der Waals surface area contributed by atoms with Gasteiger partial charge in [0.2, 0.25) is 16.0 Å². The van der Waals surface area contributed by atoms with Gasteiger partial charge >= 0.3 is 0 Å². The minimum absolute atomic E-state index is 0.151. The van der Waals surface area contributed by atoms with Gasteiger partial charge in [-0.1, -0.05) is 35.6 Å². The number of hydrogen-bond donors (Lipinski definition) is 1. The lowest BCUT2D eigenvalue weighted by atomic mass is 10.1. The maximum atomic E-state index is 11.0. The van der Waals surface area contributed by atoms with Gasteiger partial charge in [-0.3, -0.25) is 4.79 Å². The molecular weight excluding hydrogens is 262 g/mol. The number of carbonyl (C=O) groups is 1. The van der Waals surface area contributed by atoms with Crippen molar-refractivity contribution in [2.24, 2.45) is 0 Å². The van der Waals surface area contributed by atoms with Crippen molar-refractivity contribution in [1.82, 2.24) is 19.8 Å². The Morgan fingerprint density at radius 1 is 1.32 bits per heavy atom. The Morgan fingerprint density at radius 2 is 2.11 bits per heavy atom. The van der Waals surface area contributed by atoms with E-state index >= 15 is 0 Å². The SMILES string of the molecule is CC(=O)Nc1nn2c(-c3ccccc3C)nnc2s1. The predicted molar refractivity (Wildman–Crippen MR) is 73.1 cm³/mol. The molecule has 0 bridgehead atoms. The van der Waals surface area contributed by atoms with Crippen LogP contribution in [0.1, 0.15) is 12.5 Å². The number of anilines is 1. The molecule has 2 aromatic heterocycles. The van der Waals surface area contributed by atoms with E-state index in [-0.39, 0.29) is 5.91 Å². The normalized spacial score (nSPS) is 10.8. The van der Waals surface area contributed by atoms with Crippen molar-refractivity contribution in [3.05, 3.63) is 29.8 Å². The Balaban J connectivity index is 2.12. The standard InChI is InChI=1S/C12H11N5OS/c1-7-5-3-4-6-9(7)10-14-15-12-17(10)16-11(19-12)13-8(2)18/h3-6H,1-2H3,(H,13,16,18). The third-order valence-corrected chi connectivity index (χ3v) is 3.47. The number of fused-ring (bicyclic) bond motifs is 1. The summed E-state index contributed by atoms with van der Waals surface area (Å²) in [5.41, 5.74) is 2.08. The predicted octanol–water partition coefficient (Wildman–Crippen LogP) is 2.12. The first-order valence-corrected chi connectivity index (χ1v) is 6.52. The zero-order valence-electron chi connectivity index (χ0n) is 10.4. The van der Waals surface area contributed by atoms with Crippen LogP contribution >= 0.6 is 11.3 Å². The number of amides is 1. The Hall–Kier alpha value is -2.28. The van der Waals surface area contributed by atoms with Gasteiger partial charge < -0.3 is 5.32 Å². The number of hydrogen-bond acceptors (Lipinski definition) is 5. The van der Waals surface area contributed by atoms with Gasteiger partial charge in [-0.15, -0.1) is 15.3 Å². The minimum atomic E-state index is -0.151. The second kappa shape index (κ2) is 4.43. The molecule has 96 valence electrons. The number of aromatic nitrogens is 4. The first-order chi connectivity index (χ1) is 9.15. The lowest BCUT2D eigenvalue weighted by molar-refractivity contribution is -0.114. The van der Waals surface area contributed by atoms with Gasteiger partial charge in [-0.25, -0.2) is 0 Å². The summed E-state index contributed by atoms with van der Waals surface area (Å²) < 4.78 is 1.65. The fourth-order valence-corrected chi connectivity index (χ4v) is 2.60. The summed E-state index contributed by atoms with van der Waals surface area (Å²) in [5, 5.41) is 15.7. The third-order valence-electron chi connectivity index (χ3n) is 2.66. The summed E-state index contributed by atoms with van der Waals surface area (Å²) in [6.07, 6.45) is 0. The van der Waals surface area contributed by atoms with Gasteiger partial charge in [-0.05, 0) is 12.5 Å². The van der Waals surface area contributed by atoms with E-state index in [2.05, 4.69) is 20.6 Å². The van der Waals surface area contributed by atoms with E-state index in [9.17, 15) is 4.79 Å². The molecule has 0 spiro atoms. The molecule has 0 unspecified atom stereocenters. The molecular formula is C12H11N5OS. The van der Waals surface area contributed by atoms with E-state index in [1.54, 1.807) is 4.52 Å². The Kier molecular flexibility index (Phi) is 2.75. The second-order valence-electron chi connectivity index (χ2n) is 4.12. The van der Waals surface area contributed by atoms with E-state index < -0.39 is 0 Å². The number of nitrogens with zero attached hydrogens (tertiary/aromatic N) is 4. The fourth-order valence-electron chi connectivity index (χ4n) is 1.81. The molecule has 1 aromatic carbocycles. The Morgan fingerprint density at radius 3 is 2.84 bits per heavy atom. The van der Waals surface area contributed by atoms with Crippen molar-refractivity contribution in [3.8, 4) is 11.4 Å². The summed E-state index contributed by atoms with van der Waals surface area (Å²) in [7, 11) is 0. The molecule has 19 heavy (non-hydrogen) atoms. The molecule has 0 saturated heterocycles. The maximum Gasteiger partial charge on any atom is 0.236 e. The number of rotatable bonds is 2. The van der Waals surface area contributed by atoms with Crippen LogP contribution in [0.3, 0.4) is 0 Å². The van der Waals surface area contributed by atoms with Crippen LogP contribution < -0.4 is 5.32 Å². The van der Waals surface area contributed by atoms with Gasteiger partial charge in [0.15, 0.2) is 5.82 Å². The van der Waals surface area contributed by atoms with E-state index in [1.165, 1.54) is 18.3 Å². The molecule has 0 saturated carbocycles. The molecule has 0 fully saturated rings. The molecule has 3 rings (SSSR count). The van der Waals surface area contributed by atoms with Crippen molar-refractivity contribution in [1.29, 1.82) is 0 Å². The highest BCUT2D eigenvalue weighted by Gasteiger charge is 2.14. The molecule has 1 amide bonds. The molecule has 0 aliphatic rings. The summed E-state index contributed by atoms with van der Waals surface area (Å²) in [6, 6.07) is 7.91. The average molecular weight is 273 g/mol. The lowest BCUT2D eigenvalue weighted by Crippen LogP contribution is -2.05. The molecule has 3 aromatic rings. The molecule has 0 radical (unpaired) electrons. The van der Waals surface area contributed by atoms with E-state index in [4.69, 9.17) is 0 Å². The first-order valence-electron chi connectivity index (χ1n) is 5.71. The largest absolute Gasteiger partial charge is 0.301 e. The van der Waals surface area contributed by atoms with Gasteiger partial charge in [-0.2, -0.15) is 4.52 Å². The monoisotopic (exact) mass is 273 g/mol. The second-order valence-corrected chi connectivity index (χ2v) is 5.08. The zero-order chi connectivity index (χ0) is 13.4. The van der Waals surface area contributed by atoms with Crippen LogP contribution in [0.2, 0.25) is 0 Å². The number of aryl methyl sites for hydroxylation is 1. The smallest absolute Gasteiger partial charge is 0.236 e. The van der Waals surface area contributed by atoms with Crippen molar-refractivity contribution in [2.45, 2.75) is 13.8 Å². The van der Waals surface area contributed by atoms with Gasteiger partial charge in [0, 0.05) is 12.5 Å². The molecule has 1 N–H and O–H groups in total. The van der Waals surface area contributed by atoms with Crippen LogP contribution in [0.15, 0.2) is 24.3 Å². The molecule has 0 aliphatic heterocycles. The van der Waals surface area contributed by atoms with Crippen LogP contribution in [0.25, 0.3) is 16.3 Å². The highest BCUT2D eigenvalue weighted by Crippen LogP contribution is 2.25. The molecule has 6 nitrogen and oxygen atoms in total. The van der Waals surface area contributed by atoms with Gasteiger partial charge in [0.25, 0.3) is 0 Å². The van der Waals surface area contributed by atoms with Crippen molar-refractivity contribution < 1.29 is 4.79 Å². The van der Waals surface area contributed by atoms with Crippen molar-refractivity contribution in [3.63, 3.8) is 0 Å². The van der Waals surface area contributed by atoms with E-state index in [0.717, 1.165) is 11.1 Å². The van der Waals surface area contributed by atoms with Gasteiger partial charge in [0.05, 0.1) is 0 Å². The van der Waals surface area contributed by atoms with Crippen LogP contribution in [0.4, 0.5) is 5.13 Å². The lowest BCUT2D eigenvalue weighted by Gasteiger charge is -2.00. The quantitative estimate of drug-likeness (QED) is 0.776. The van der Waals surface area contributed by atoms with Gasteiger partial charge in [0.1, 0.15) is 0 Å². The first kappa shape index (κ1) is 11.8. The maximum absolute atomic E-state index is 11.0. The number of carbonyl (C=O) groups excluding carboxylic acids is 1. The average Bonchev–Trinajstić information content (AvgIpc) is 2.89. The highest BCUT2D eigenvalue weighted by molar-refractivity contribution is 7.20.